The molecule has 0 amide bonds. The Morgan fingerprint density at radius 2 is 2.20 bits per heavy atom. The fourth-order valence-corrected chi connectivity index (χ4v) is 1.05. The lowest BCUT2D eigenvalue weighted by molar-refractivity contribution is -0.144. The third-order valence-corrected chi connectivity index (χ3v) is 1.67. The van der Waals surface area contributed by atoms with E-state index in [0.29, 0.717) is 0 Å². The average Bonchev–Trinajstić information content (AvgIpc) is 2.19. The molecule has 1 aromatic rings. The third kappa shape index (κ3) is 2.50. The molecule has 0 saturated heterocycles. The van der Waals surface area contributed by atoms with Crippen LogP contribution in [0.15, 0.2) is 18.2 Å². The molecule has 5 heteroatoms. The number of carbonyl (C=O) groups is 1. The Kier molecular flexibility index (Phi) is 3.34. The molecule has 1 aromatic carbocycles. The van der Waals surface area contributed by atoms with Gasteiger partial charge in [-0.15, -0.1) is 0 Å². The van der Waals surface area contributed by atoms with E-state index in [1.165, 1.54) is 12.1 Å². The summed E-state index contributed by atoms with van der Waals surface area (Å²) in [6, 6.07) is 4.91. The molecule has 1 atom stereocenters. The van der Waals surface area contributed by atoms with E-state index in [0.717, 1.165) is 13.0 Å². The molecule has 78 valence electrons. The summed E-state index contributed by atoms with van der Waals surface area (Å²) in [7, 11) is 0. The summed E-state index contributed by atoms with van der Waals surface area (Å²) in [4.78, 5) is 10.6. The van der Waals surface area contributed by atoms with Crippen LogP contribution in [0, 0.1) is 23.0 Å². The first-order chi connectivity index (χ1) is 7.06. The summed E-state index contributed by atoms with van der Waals surface area (Å²) in [5.41, 5.74) is -0.285. The molecule has 0 saturated carbocycles. The first kappa shape index (κ1) is 11.1. The second-order valence-electron chi connectivity index (χ2n) is 2.76. The van der Waals surface area contributed by atoms with Gasteiger partial charge in [0, 0.05) is 12.5 Å². The molecule has 0 fully saturated rings. The Morgan fingerprint density at radius 3 is 2.73 bits per heavy atom. The zero-order valence-corrected chi connectivity index (χ0v) is 7.83. The van der Waals surface area contributed by atoms with E-state index in [2.05, 4.69) is 4.74 Å². The molecule has 0 aliphatic carbocycles. The predicted molar refractivity (Wildman–Crippen MR) is 46.5 cm³/mol. The van der Waals surface area contributed by atoms with Gasteiger partial charge in [0.05, 0.1) is 0 Å². The molecule has 0 N–H and O–H groups in total. The minimum Gasteiger partial charge on any atom is -0.442 e. The van der Waals surface area contributed by atoms with E-state index in [-0.39, 0.29) is 5.56 Å². The minimum absolute atomic E-state index is 0.285. The van der Waals surface area contributed by atoms with E-state index in [1.807, 2.05) is 0 Å². The summed E-state index contributed by atoms with van der Waals surface area (Å²) in [6.45, 7) is 1.08. The van der Waals surface area contributed by atoms with Gasteiger partial charge in [-0.25, -0.2) is 8.78 Å². The fourth-order valence-electron chi connectivity index (χ4n) is 1.05. The Morgan fingerprint density at radius 1 is 1.53 bits per heavy atom. The van der Waals surface area contributed by atoms with Gasteiger partial charge in [-0.05, 0) is 6.07 Å². The van der Waals surface area contributed by atoms with Crippen LogP contribution >= 0.6 is 0 Å². The number of halogens is 2. The number of benzene rings is 1. The molecule has 0 heterocycles. The van der Waals surface area contributed by atoms with Gasteiger partial charge >= 0.3 is 5.97 Å². The normalized spacial score (nSPS) is 11.6. The maximum atomic E-state index is 13.2. The van der Waals surface area contributed by atoms with Crippen LogP contribution in [0.3, 0.4) is 0 Å². The van der Waals surface area contributed by atoms with Gasteiger partial charge < -0.3 is 4.74 Å². The molecule has 3 nitrogen and oxygen atoms in total. The summed E-state index contributed by atoms with van der Waals surface area (Å²) in [5.74, 6) is -2.99. The molecule has 0 spiro atoms. The highest BCUT2D eigenvalue weighted by Gasteiger charge is 2.20. The molecule has 0 aliphatic heterocycles. The summed E-state index contributed by atoms with van der Waals surface area (Å²) < 4.78 is 30.5. The van der Waals surface area contributed by atoms with Gasteiger partial charge in [0.1, 0.15) is 6.07 Å². The summed E-state index contributed by atoms with van der Waals surface area (Å²) in [6.07, 6.45) is -1.42. The highest BCUT2D eigenvalue weighted by molar-refractivity contribution is 5.66. The van der Waals surface area contributed by atoms with Crippen molar-refractivity contribution in [1.29, 1.82) is 5.26 Å². The quantitative estimate of drug-likeness (QED) is 0.704. The van der Waals surface area contributed by atoms with Crippen molar-refractivity contribution in [1.82, 2.24) is 0 Å². The molecular weight excluding hydrogens is 204 g/mol. The van der Waals surface area contributed by atoms with Crippen molar-refractivity contribution in [2.75, 3.05) is 0 Å². The van der Waals surface area contributed by atoms with E-state index in [4.69, 9.17) is 5.26 Å². The van der Waals surface area contributed by atoms with E-state index >= 15 is 0 Å². The number of ether oxygens (including phenoxy) is 1. The van der Waals surface area contributed by atoms with Gasteiger partial charge in [-0.1, -0.05) is 12.1 Å². The van der Waals surface area contributed by atoms with E-state index in [9.17, 15) is 13.6 Å². The smallest absolute Gasteiger partial charge is 0.304 e. The van der Waals surface area contributed by atoms with Gasteiger partial charge in [-0.2, -0.15) is 5.26 Å². The van der Waals surface area contributed by atoms with Crippen molar-refractivity contribution < 1.29 is 18.3 Å². The monoisotopic (exact) mass is 211 g/mol. The molecule has 15 heavy (non-hydrogen) atoms. The summed E-state index contributed by atoms with van der Waals surface area (Å²) in [5, 5.41) is 8.63. The maximum Gasteiger partial charge on any atom is 0.304 e. The number of esters is 1. The number of hydrogen-bond acceptors (Lipinski definition) is 3. The minimum atomic E-state index is -1.42. The van der Waals surface area contributed by atoms with Crippen LogP contribution in [0.25, 0.3) is 0 Å². The Labute approximate surface area is 84.9 Å². The molecule has 0 aliphatic rings. The van der Waals surface area contributed by atoms with E-state index < -0.39 is 23.7 Å². The Bertz CT molecular complexity index is 426. The van der Waals surface area contributed by atoms with Crippen molar-refractivity contribution in [2.24, 2.45) is 0 Å². The SMILES string of the molecule is CC(=O)O[C@@H](C#N)c1cccc(F)c1F. The van der Waals surface area contributed by atoms with Crippen molar-refractivity contribution in [2.45, 2.75) is 13.0 Å². The van der Waals surface area contributed by atoms with Gasteiger partial charge in [0.15, 0.2) is 11.6 Å². The largest absolute Gasteiger partial charge is 0.442 e. The maximum absolute atomic E-state index is 13.2. The molecule has 1 rings (SSSR count). The number of nitrogens with zero attached hydrogens (tertiary/aromatic N) is 1. The van der Waals surface area contributed by atoms with Crippen molar-refractivity contribution in [3.63, 3.8) is 0 Å². The molecule has 0 bridgehead atoms. The number of hydrogen-bond donors (Lipinski definition) is 0. The van der Waals surface area contributed by atoms with Gasteiger partial charge in [0.25, 0.3) is 0 Å². The van der Waals surface area contributed by atoms with Crippen molar-refractivity contribution in [3.8, 4) is 6.07 Å². The number of rotatable bonds is 2. The van der Waals surface area contributed by atoms with Crippen LogP contribution in [0.4, 0.5) is 8.78 Å². The van der Waals surface area contributed by atoms with Crippen molar-refractivity contribution >= 4 is 5.97 Å². The first-order valence-corrected chi connectivity index (χ1v) is 4.07. The zero-order valence-electron chi connectivity index (χ0n) is 7.83. The molecule has 0 aromatic heterocycles. The number of carbonyl (C=O) groups excluding carboxylic acids is 1. The van der Waals surface area contributed by atoms with Gasteiger partial charge in [0.2, 0.25) is 6.10 Å². The lowest BCUT2D eigenvalue weighted by Crippen LogP contribution is -2.09. The zero-order chi connectivity index (χ0) is 11.4. The van der Waals surface area contributed by atoms with Crippen LogP contribution < -0.4 is 0 Å². The lowest BCUT2D eigenvalue weighted by Gasteiger charge is -2.10. The average molecular weight is 211 g/mol. The topological polar surface area (TPSA) is 50.1 Å². The highest BCUT2D eigenvalue weighted by Crippen LogP contribution is 2.21. The highest BCUT2D eigenvalue weighted by atomic mass is 19.2. The third-order valence-electron chi connectivity index (χ3n) is 1.67. The second kappa shape index (κ2) is 4.51. The van der Waals surface area contributed by atoms with Crippen LogP contribution in [-0.2, 0) is 9.53 Å². The fraction of sp³-hybridized carbons (Fsp3) is 0.200. The van der Waals surface area contributed by atoms with Crippen LogP contribution in [0.5, 0.6) is 0 Å². The Hall–Kier alpha value is -1.96. The molecule has 0 unspecified atom stereocenters. The lowest BCUT2D eigenvalue weighted by atomic mass is 10.1. The van der Waals surface area contributed by atoms with E-state index in [1.54, 1.807) is 6.07 Å². The number of nitriles is 1. The van der Waals surface area contributed by atoms with Crippen LogP contribution in [0.2, 0.25) is 0 Å². The van der Waals surface area contributed by atoms with Gasteiger partial charge in [-0.3, -0.25) is 4.79 Å². The predicted octanol–water partition coefficient (Wildman–Crippen LogP) is 2.09. The Balaban J connectivity index is 3.08. The standard InChI is InChI=1S/C10H7F2NO2/c1-6(14)15-9(5-13)7-3-2-4-8(11)10(7)12/h2-4,9H,1H3/t9-/m0/s1. The van der Waals surface area contributed by atoms with Crippen LogP contribution in [-0.4, -0.2) is 5.97 Å². The first-order valence-electron chi connectivity index (χ1n) is 4.07. The van der Waals surface area contributed by atoms with Crippen molar-refractivity contribution in [3.05, 3.63) is 35.4 Å². The molecule has 0 radical (unpaired) electrons. The molecular formula is C10H7F2NO2. The summed E-state index contributed by atoms with van der Waals surface area (Å²) >= 11 is 0. The van der Waals surface area contributed by atoms with Crippen LogP contribution in [0.1, 0.15) is 18.6 Å². The second-order valence-corrected chi connectivity index (χ2v) is 2.76.